The molecule has 1 aromatic heterocycles. The number of H-pyrrole nitrogens is 1. The van der Waals surface area contributed by atoms with Crippen molar-refractivity contribution in [1.29, 1.82) is 0 Å². The van der Waals surface area contributed by atoms with Crippen molar-refractivity contribution in [1.82, 2.24) is 15.1 Å². The molecule has 0 atom stereocenters. The third kappa shape index (κ3) is 1.69. The highest BCUT2D eigenvalue weighted by Gasteiger charge is 2.32. The highest BCUT2D eigenvalue weighted by Crippen LogP contribution is 2.29. The van der Waals surface area contributed by atoms with Crippen molar-refractivity contribution in [3.05, 3.63) is 30.0 Å². The average molecular weight is 229 g/mol. The Morgan fingerprint density at radius 3 is 3.06 bits per heavy atom. The van der Waals surface area contributed by atoms with Gasteiger partial charge >= 0.3 is 0 Å². The number of nitrogens with one attached hydrogen (secondary N) is 1. The molecule has 3 rings (SSSR count). The largest absolute Gasteiger partial charge is 0.336 e. The molecule has 0 bridgehead atoms. The van der Waals surface area contributed by atoms with Crippen LogP contribution in [0.2, 0.25) is 0 Å². The molecule has 0 unspecified atom stereocenters. The lowest BCUT2D eigenvalue weighted by atomic mass is 10.1. The van der Waals surface area contributed by atoms with E-state index in [9.17, 15) is 4.79 Å². The maximum Gasteiger partial charge on any atom is 0.256 e. The monoisotopic (exact) mass is 229 g/mol. The molecule has 1 aliphatic carbocycles. The summed E-state index contributed by atoms with van der Waals surface area (Å²) in [6.45, 7) is 2.80. The lowest BCUT2D eigenvalue weighted by Crippen LogP contribution is -2.32. The second-order valence-corrected chi connectivity index (χ2v) is 4.46. The summed E-state index contributed by atoms with van der Waals surface area (Å²) in [5.74, 6) is 0.116. The normalized spacial score (nSPS) is 15.1. The molecular weight excluding hydrogens is 214 g/mol. The first kappa shape index (κ1) is 10.3. The van der Waals surface area contributed by atoms with Crippen molar-refractivity contribution in [2.24, 2.45) is 0 Å². The molecule has 0 spiro atoms. The van der Waals surface area contributed by atoms with Gasteiger partial charge < -0.3 is 4.90 Å². The van der Waals surface area contributed by atoms with E-state index in [0.717, 1.165) is 35.9 Å². The second-order valence-electron chi connectivity index (χ2n) is 4.46. The van der Waals surface area contributed by atoms with E-state index in [1.165, 1.54) is 0 Å². The van der Waals surface area contributed by atoms with Gasteiger partial charge in [0.15, 0.2) is 0 Å². The van der Waals surface area contributed by atoms with E-state index in [1.807, 2.05) is 30.0 Å². The summed E-state index contributed by atoms with van der Waals surface area (Å²) in [5, 5.41) is 7.89. The molecule has 1 heterocycles. The molecule has 2 aromatic rings. The third-order valence-electron chi connectivity index (χ3n) is 3.30. The molecule has 4 heteroatoms. The van der Waals surface area contributed by atoms with Crippen molar-refractivity contribution >= 4 is 16.8 Å². The van der Waals surface area contributed by atoms with E-state index in [-0.39, 0.29) is 5.91 Å². The Morgan fingerprint density at radius 2 is 2.35 bits per heavy atom. The van der Waals surface area contributed by atoms with Gasteiger partial charge in [0, 0.05) is 18.0 Å². The number of hydrogen-bond acceptors (Lipinski definition) is 2. The zero-order valence-electron chi connectivity index (χ0n) is 9.81. The van der Waals surface area contributed by atoms with Gasteiger partial charge in [-0.1, -0.05) is 12.1 Å². The predicted molar refractivity (Wildman–Crippen MR) is 65.8 cm³/mol. The molecule has 17 heavy (non-hydrogen) atoms. The molecule has 4 nitrogen and oxygen atoms in total. The highest BCUT2D eigenvalue weighted by atomic mass is 16.2. The first-order valence-corrected chi connectivity index (χ1v) is 6.04. The van der Waals surface area contributed by atoms with Crippen LogP contribution >= 0.6 is 0 Å². The number of nitrogens with zero attached hydrogens (tertiary/aromatic N) is 2. The second kappa shape index (κ2) is 3.87. The molecular formula is C13H15N3O. The van der Waals surface area contributed by atoms with E-state index in [1.54, 1.807) is 6.20 Å². The number of fused-ring (bicyclic) bond motifs is 1. The van der Waals surface area contributed by atoms with Crippen LogP contribution in [-0.2, 0) is 0 Å². The Kier molecular flexibility index (Phi) is 2.35. The number of aromatic nitrogens is 2. The lowest BCUT2D eigenvalue weighted by molar-refractivity contribution is 0.0754. The molecule has 0 saturated heterocycles. The van der Waals surface area contributed by atoms with Gasteiger partial charge in [0.1, 0.15) is 0 Å². The summed E-state index contributed by atoms with van der Waals surface area (Å²) >= 11 is 0. The smallest absolute Gasteiger partial charge is 0.256 e. The van der Waals surface area contributed by atoms with Crippen molar-refractivity contribution in [3.8, 4) is 0 Å². The van der Waals surface area contributed by atoms with Crippen LogP contribution in [0.15, 0.2) is 24.4 Å². The number of carbonyl (C=O) groups is 1. The number of rotatable bonds is 3. The summed E-state index contributed by atoms with van der Waals surface area (Å²) in [4.78, 5) is 14.4. The Hall–Kier alpha value is -1.84. The van der Waals surface area contributed by atoms with Gasteiger partial charge in [-0.2, -0.15) is 5.10 Å². The fourth-order valence-corrected chi connectivity index (χ4v) is 2.26. The molecule has 1 fully saturated rings. The van der Waals surface area contributed by atoms with Crippen LogP contribution in [-0.4, -0.2) is 33.6 Å². The summed E-state index contributed by atoms with van der Waals surface area (Å²) in [6, 6.07) is 6.19. The van der Waals surface area contributed by atoms with Gasteiger partial charge in [0.2, 0.25) is 0 Å². The maximum absolute atomic E-state index is 12.4. The Labute approximate surface area is 99.6 Å². The Morgan fingerprint density at radius 1 is 1.53 bits per heavy atom. The number of aromatic amines is 1. The minimum atomic E-state index is 0.116. The van der Waals surface area contributed by atoms with Crippen LogP contribution in [0, 0.1) is 0 Å². The Balaban J connectivity index is 2.02. The fraction of sp³-hybridized carbons (Fsp3) is 0.385. The third-order valence-corrected chi connectivity index (χ3v) is 3.30. The Bertz CT molecular complexity index is 557. The molecule has 1 aromatic carbocycles. The first-order valence-electron chi connectivity index (χ1n) is 6.04. The van der Waals surface area contributed by atoms with Gasteiger partial charge in [-0.15, -0.1) is 0 Å². The topological polar surface area (TPSA) is 49.0 Å². The SMILES string of the molecule is CCN(C(=O)c1cccc2cn[nH]c12)C1CC1. The van der Waals surface area contributed by atoms with Gasteiger partial charge in [0.05, 0.1) is 17.3 Å². The van der Waals surface area contributed by atoms with Crippen molar-refractivity contribution in [3.63, 3.8) is 0 Å². The summed E-state index contributed by atoms with van der Waals surface area (Å²) in [6.07, 6.45) is 4.02. The van der Waals surface area contributed by atoms with Crippen molar-refractivity contribution < 1.29 is 4.79 Å². The standard InChI is InChI=1S/C13H15N3O/c1-2-16(10-6-7-10)13(17)11-5-3-4-9-8-14-15-12(9)11/h3-5,8,10H,2,6-7H2,1H3,(H,14,15). The molecule has 88 valence electrons. The number of para-hydroxylation sites is 1. The maximum atomic E-state index is 12.4. The summed E-state index contributed by atoms with van der Waals surface area (Å²) in [5.41, 5.74) is 1.57. The highest BCUT2D eigenvalue weighted by molar-refractivity contribution is 6.05. The molecule has 1 N–H and O–H groups in total. The van der Waals surface area contributed by atoms with E-state index in [4.69, 9.17) is 0 Å². The van der Waals surface area contributed by atoms with Crippen molar-refractivity contribution in [2.75, 3.05) is 6.54 Å². The van der Waals surface area contributed by atoms with E-state index < -0.39 is 0 Å². The van der Waals surface area contributed by atoms with Gasteiger partial charge in [0.25, 0.3) is 5.91 Å². The van der Waals surface area contributed by atoms with E-state index >= 15 is 0 Å². The van der Waals surface area contributed by atoms with Crippen LogP contribution < -0.4 is 0 Å². The van der Waals surface area contributed by atoms with Gasteiger partial charge in [-0.25, -0.2) is 0 Å². The van der Waals surface area contributed by atoms with Crippen molar-refractivity contribution in [2.45, 2.75) is 25.8 Å². The molecule has 1 saturated carbocycles. The van der Waals surface area contributed by atoms with Crippen LogP contribution in [0.1, 0.15) is 30.1 Å². The quantitative estimate of drug-likeness (QED) is 0.877. The first-order chi connectivity index (χ1) is 8.31. The zero-order valence-corrected chi connectivity index (χ0v) is 9.81. The number of hydrogen-bond donors (Lipinski definition) is 1. The minimum absolute atomic E-state index is 0.116. The van der Waals surface area contributed by atoms with E-state index in [2.05, 4.69) is 10.2 Å². The number of amides is 1. The fourth-order valence-electron chi connectivity index (χ4n) is 2.26. The predicted octanol–water partition coefficient (Wildman–Crippen LogP) is 2.19. The van der Waals surface area contributed by atoms with Crippen LogP contribution in [0.3, 0.4) is 0 Å². The van der Waals surface area contributed by atoms with Crippen LogP contribution in [0.25, 0.3) is 10.9 Å². The average Bonchev–Trinajstić information content (AvgIpc) is 3.06. The molecule has 0 aliphatic heterocycles. The van der Waals surface area contributed by atoms with Crippen LogP contribution in [0.5, 0.6) is 0 Å². The molecule has 1 aliphatic rings. The molecule has 0 radical (unpaired) electrons. The number of carbonyl (C=O) groups excluding carboxylic acids is 1. The van der Waals surface area contributed by atoms with Gasteiger partial charge in [-0.05, 0) is 25.8 Å². The van der Waals surface area contributed by atoms with E-state index in [0.29, 0.717) is 6.04 Å². The summed E-state index contributed by atoms with van der Waals surface area (Å²) in [7, 11) is 0. The zero-order chi connectivity index (χ0) is 11.8. The minimum Gasteiger partial charge on any atom is -0.336 e. The van der Waals surface area contributed by atoms with Crippen LogP contribution in [0.4, 0.5) is 0 Å². The lowest BCUT2D eigenvalue weighted by Gasteiger charge is -2.20. The molecule has 1 amide bonds. The number of benzene rings is 1. The summed E-state index contributed by atoms with van der Waals surface area (Å²) < 4.78 is 0. The van der Waals surface area contributed by atoms with Gasteiger partial charge in [-0.3, -0.25) is 9.89 Å².